The van der Waals surface area contributed by atoms with Gasteiger partial charge in [0.15, 0.2) is 5.82 Å². The summed E-state index contributed by atoms with van der Waals surface area (Å²) in [6, 6.07) is 131. The van der Waals surface area contributed by atoms with Gasteiger partial charge < -0.3 is 18.3 Å². The number of rotatable bonds is 11. The molecule has 102 heavy (non-hydrogen) atoms. The summed E-state index contributed by atoms with van der Waals surface area (Å²) in [7, 11) is 0. The van der Waals surface area contributed by atoms with Crippen LogP contribution in [0.4, 0.5) is 0 Å². The van der Waals surface area contributed by atoms with Crippen LogP contribution in [0, 0.1) is 11.3 Å². The Hall–Kier alpha value is -13.9. The van der Waals surface area contributed by atoms with E-state index in [4.69, 9.17) is 9.97 Å². The van der Waals surface area contributed by atoms with Gasteiger partial charge in [-0.2, -0.15) is 5.26 Å². The predicted molar refractivity (Wildman–Crippen MR) is 422 cm³/mol. The van der Waals surface area contributed by atoms with Crippen LogP contribution in [0.2, 0.25) is 0 Å². The van der Waals surface area contributed by atoms with Gasteiger partial charge >= 0.3 is 0 Å². The van der Waals surface area contributed by atoms with E-state index in [1.54, 1.807) is 0 Å². The number of benzene rings is 15. The maximum absolute atomic E-state index is 11.4. The molecule has 0 aliphatic carbocycles. The highest BCUT2D eigenvalue weighted by atomic mass is 15.0. The zero-order valence-corrected chi connectivity index (χ0v) is 55.2. The summed E-state index contributed by atoms with van der Waals surface area (Å²) in [5.41, 5.74) is 26.6. The molecule has 7 nitrogen and oxygen atoms in total. The van der Waals surface area contributed by atoms with Crippen molar-refractivity contribution in [2.24, 2.45) is 0 Å². The van der Waals surface area contributed by atoms with Crippen molar-refractivity contribution in [1.82, 2.24) is 28.2 Å². The Labute approximate surface area is 587 Å². The van der Waals surface area contributed by atoms with Crippen LogP contribution in [0.3, 0.4) is 0 Å². The molecule has 0 bridgehead atoms. The van der Waals surface area contributed by atoms with E-state index in [2.05, 4.69) is 334 Å². The average molecular weight is 1300 g/mol. The quantitative estimate of drug-likeness (QED) is 0.130. The Morgan fingerprint density at radius 3 is 0.814 bits per heavy atom. The van der Waals surface area contributed by atoms with Gasteiger partial charge in [0.1, 0.15) is 0 Å². The third-order valence-electron chi connectivity index (χ3n) is 20.7. The number of hydrogen-bond donors (Lipinski definition) is 0. The van der Waals surface area contributed by atoms with E-state index in [9.17, 15) is 5.26 Å². The fourth-order valence-corrected chi connectivity index (χ4v) is 15.9. The minimum absolute atomic E-state index is 0.473. The van der Waals surface area contributed by atoms with E-state index >= 15 is 0 Å². The number of hydrogen-bond acceptors (Lipinski definition) is 3. The Morgan fingerprint density at radius 1 is 0.206 bits per heavy atom. The molecule has 5 aromatic heterocycles. The molecule has 0 unspecified atom stereocenters. The fraction of sp³-hybridized carbons (Fsp3) is 0. The molecule has 0 saturated heterocycles. The molecule has 5 heterocycles. The lowest BCUT2D eigenvalue weighted by atomic mass is 9.89. The lowest BCUT2D eigenvalue weighted by molar-refractivity contribution is 1.18. The van der Waals surface area contributed by atoms with Gasteiger partial charge in [-0.15, -0.1) is 0 Å². The Morgan fingerprint density at radius 2 is 0.480 bits per heavy atom. The van der Waals surface area contributed by atoms with E-state index in [0.29, 0.717) is 17.0 Å². The molecular weight excluding hydrogens is 1240 g/mol. The van der Waals surface area contributed by atoms with Gasteiger partial charge in [-0.25, -0.2) is 9.97 Å². The summed E-state index contributed by atoms with van der Waals surface area (Å²) in [5, 5.41) is 21.1. The third-order valence-corrected chi connectivity index (χ3v) is 20.7. The van der Waals surface area contributed by atoms with Crippen LogP contribution < -0.4 is 0 Å². The Kier molecular flexibility index (Phi) is 13.5. The monoisotopic (exact) mass is 1300 g/mol. The van der Waals surface area contributed by atoms with E-state index in [1.165, 1.54) is 65.2 Å². The topological polar surface area (TPSA) is 69.3 Å². The molecule has 0 N–H and O–H groups in total. The van der Waals surface area contributed by atoms with Crippen LogP contribution in [0.1, 0.15) is 5.56 Å². The van der Waals surface area contributed by atoms with E-state index < -0.39 is 0 Å². The average Bonchev–Trinajstić information content (AvgIpc) is 1.27. The molecular formula is C95H59N7. The van der Waals surface area contributed by atoms with Crippen molar-refractivity contribution < 1.29 is 0 Å². The second-order valence-corrected chi connectivity index (χ2v) is 26.3. The first-order valence-corrected chi connectivity index (χ1v) is 34.6. The first kappa shape index (κ1) is 58.2. The molecule has 0 fully saturated rings. The van der Waals surface area contributed by atoms with E-state index in [1.807, 2.05) is 48.5 Å². The van der Waals surface area contributed by atoms with Crippen LogP contribution in [0.5, 0.6) is 0 Å². The zero-order valence-electron chi connectivity index (χ0n) is 55.2. The largest absolute Gasteiger partial charge is 0.309 e. The van der Waals surface area contributed by atoms with Gasteiger partial charge in [-0.1, -0.05) is 231 Å². The molecule has 0 spiro atoms. The second kappa shape index (κ2) is 23.7. The van der Waals surface area contributed by atoms with E-state index in [0.717, 1.165) is 112 Å². The van der Waals surface area contributed by atoms with Gasteiger partial charge in [-0.3, -0.25) is 0 Å². The Balaban J connectivity index is 0.683. The second-order valence-electron chi connectivity index (χ2n) is 26.3. The number of fused-ring (bicyclic) bond motifs is 12. The minimum atomic E-state index is 0.473. The lowest BCUT2D eigenvalue weighted by Gasteiger charge is -2.17. The number of para-hydroxylation sites is 6. The van der Waals surface area contributed by atoms with Crippen molar-refractivity contribution >= 4 is 87.2 Å². The molecule has 0 aliphatic rings. The fourth-order valence-electron chi connectivity index (χ4n) is 15.9. The summed E-state index contributed by atoms with van der Waals surface area (Å²) in [5.74, 6) is 0.473. The van der Waals surface area contributed by atoms with Gasteiger partial charge in [0.25, 0.3) is 0 Å². The first-order valence-electron chi connectivity index (χ1n) is 34.6. The summed E-state index contributed by atoms with van der Waals surface area (Å²) in [6.07, 6.45) is 0. The molecule has 0 atom stereocenters. The zero-order chi connectivity index (χ0) is 67.4. The molecule has 0 radical (unpaired) electrons. The molecule has 0 saturated carbocycles. The normalized spacial score (nSPS) is 11.7. The minimum Gasteiger partial charge on any atom is -0.309 e. The van der Waals surface area contributed by atoms with Crippen molar-refractivity contribution in [3.8, 4) is 107 Å². The molecule has 0 amide bonds. The smallest absolute Gasteiger partial charge is 0.161 e. The van der Waals surface area contributed by atoms with Crippen molar-refractivity contribution in [2.45, 2.75) is 0 Å². The standard InChI is InChI=1S/C95H59N7/c96-60-69-57-80(63-39-49-72(50-40-63)101-91-33-17-11-27-78(91)83-55-67(43-53-93(83)101)61-35-45-70(46-36-61)99-87-29-13-7-23-74(87)75-24-8-14-30-88(75)99)81(58-82(69)95-97-85(65-19-3-1-4-20-65)59-86(98-95)66-21-5-2-6-22-66)64-41-51-73(52-42-64)102-92-34-18-12-28-79(92)84-56-68(44-54-94(84)102)62-37-47-71(48-38-62)100-89-31-15-9-25-76(89)77-26-10-16-32-90(77)100/h1-59H. The van der Waals surface area contributed by atoms with Crippen molar-refractivity contribution in [3.63, 3.8) is 0 Å². The van der Waals surface area contributed by atoms with Gasteiger partial charge in [0.2, 0.25) is 0 Å². The molecule has 15 aromatic carbocycles. The molecule has 474 valence electrons. The maximum atomic E-state index is 11.4. The molecule has 0 aliphatic heterocycles. The molecule has 20 rings (SSSR count). The third kappa shape index (κ3) is 9.50. The summed E-state index contributed by atoms with van der Waals surface area (Å²) >= 11 is 0. The van der Waals surface area contributed by atoms with E-state index in [-0.39, 0.29) is 0 Å². The maximum Gasteiger partial charge on any atom is 0.161 e. The van der Waals surface area contributed by atoms with Gasteiger partial charge in [0.05, 0.1) is 67.2 Å². The van der Waals surface area contributed by atoms with Crippen molar-refractivity contribution in [1.29, 1.82) is 5.26 Å². The van der Waals surface area contributed by atoms with Crippen LogP contribution >= 0.6 is 0 Å². The van der Waals surface area contributed by atoms with Gasteiger partial charge in [-0.05, 0) is 172 Å². The van der Waals surface area contributed by atoms with Crippen molar-refractivity contribution in [2.75, 3.05) is 0 Å². The number of aromatic nitrogens is 6. The van der Waals surface area contributed by atoms with Crippen LogP contribution in [-0.4, -0.2) is 28.2 Å². The highest BCUT2D eigenvalue weighted by molar-refractivity contribution is 6.13. The molecule has 20 aromatic rings. The predicted octanol–water partition coefficient (Wildman–Crippen LogP) is 24.4. The number of nitrogens with zero attached hydrogens (tertiary/aromatic N) is 7. The van der Waals surface area contributed by atoms with Crippen LogP contribution in [-0.2, 0) is 0 Å². The van der Waals surface area contributed by atoms with Crippen molar-refractivity contribution in [3.05, 3.63) is 363 Å². The molecule has 7 heteroatoms. The van der Waals surface area contributed by atoms with Crippen LogP contribution in [0.15, 0.2) is 358 Å². The highest BCUT2D eigenvalue weighted by Gasteiger charge is 2.23. The highest BCUT2D eigenvalue weighted by Crippen LogP contribution is 2.44. The first-order chi connectivity index (χ1) is 50.5. The van der Waals surface area contributed by atoms with Gasteiger partial charge in [0, 0.05) is 82.5 Å². The van der Waals surface area contributed by atoms with Crippen LogP contribution in [0.25, 0.3) is 188 Å². The summed E-state index contributed by atoms with van der Waals surface area (Å²) < 4.78 is 9.48. The summed E-state index contributed by atoms with van der Waals surface area (Å²) in [4.78, 5) is 10.6. The summed E-state index contributed by atoms with van der Waals surface area (Å²) in [6.45, 7) is 0. The Bertz CT molecular complexity index is 6600. The SMILES string of the molecule is N#Cc1cc(-c2ccc(-n3c4ccccc4c4cc(-c5ccc(-n6c7ccccc7c7ccccc76)cc5)ccc43)cc2)c(-c2ccc(-n3c4ccccc4c4cc(-c5ccc(-n6c7ccccc7c7ccccc76)cc5)ccc43)cc2)cc1-c1nc(-c2ccccc2)cc(-c2ccccc2)n1. The lowest BCUT2D eigenvalue weighted by Crippen LogP contribution is -2.00. The number of nitriles is 1.